The van der Waals surface area contributed by atoms with E-state index >= 15 is 0 Å². The van der Waals surface area contributed by atoms with E-state index in [1.807, 2.05) is 43.0 Å². The molecule has 1 amide bonds. The fourth-order valence-corrected chi connectivity index (χ4v) is 5.98. The summed E-state index contributed by atoms with van der Waals surface area (Å²) in [6.07, 6.45) is 2.41. The number of imidazole rings is 1. The summed E-state index contributed by atoms with van der Waals surface area (Å²) in [6.45, 7) is 5.26. The van der Waals surface area contributed by atoms with Gasteiger partial charge in [-0.1, -0.05) is 44.5 Å². The first-order valence-corrected chi connectivity index (χ1v) is 13.3. The average Bonchev–Trinajstić information content (AvgIpc) is 3.40. The Balaban J connectivity index is 1.34. The number of carbonyl (C=O) groups excluding carboxylic acids is 1. The molecule has 0 saturated carbocycles. The van der Waals surface area contributed by atoms with Gasteiger partial charge in [0.2, 0.25) is 5.91 Å². The molecule has 0 aliphatic carbocycles. The Labute approximate surface area is 199 Å². The second kappa shape index (κ2) is 8.87. The minimum atomic E-state index is -3.65. The molecule has 1 saturated heterocycles. The minimum absolute atomic E-state index is 0.0228. The number of aromatic amines is 1. The van der Waals surface area contributed by atoms with E-state index in [0.717, 1.165) is 36.1 Å². The van der Waals surface area contributed by atoms with Crippen LogP contribution in [0.25, 0.3) is 11.0 Å². The van der Waals surface area contributed by atoms with E-state index in [1.54, 1.807) is 24.3 Å². The van der Waals surface area contributed by atoms with Crippen LogP contribution in [0.3, 0.4) is 0 Å². The highest BCUT2D eigenvalue weighted by Crippen LogP contribution is 2.30. The predicted molar refractivity (Wildman–Crippen MR) is 131 cm³/mol. The third-order valence-corrected chi connectivity index (χ3v) is 8.37. The van der Waals surface area contributed by atoms with Crippen molar-refractivity contribution in [1.29, 1.82) is 0 Å². The van der Waals surface area contributed by atoms with Crippen LogP contribution in [0.1, 0.15) is 50.4 Å². The average molecular weight is 480 g/mol. The van der Waals surface area contributed by atoms with Crippen LogP contribution in [-0.2, 0) is 14.8 Å². The summed E-state index contributed by atoms with van der Waals surface area (Å²) in [4.78, 5) is 28.5. The number of likely N-dealkylation sites (tertiary alicyclic amines) is 1. The number of para-hydroxylation sites is 2. The highest BCUT2D eigenvalue weighted by molar-refractivity contribution is 7.90. The van der Waals surface area contributed by atoms with Gasteiger partial charge in [0.1, 0.15) is 17.7 Å². The maximum atomic E-state index is 13.6. The molecule has 3 heterocycles. The molecule has 34 heavy (non-hydrogen) atoms. The molecule has 0 radical (unpaired) electrons. The van der Waals surface area contributed by atoms with Crippen molar-refractivity contribution in [3.63, 3.8) is 0 Å². The fraction of sp³-hybridized carbons (Fsp3) is 0.400. The zero-order valence-corrected chi connectivity index (χ0v) is 20.2. The van der Waals surface area contributed by atoms with Crippen LogP contribution in [0.2, 0.25) is 0 Å². The van der Waals surface area contributed by atoms with Gasteiger partial charge in [0.15, 0.2) is 0 Å². The first-order valence-electron chi connectivity index (χ1n) is 11.8. The second-order valence-corrected chi connectivity index (χ2v) is 10.8. The third-order valence-electron chi connectivity index (χ3n) is 6.97. The van der Waals surface area contributed by atoms with Crippen molar-refractivity contribution >= 4 is 32.8 Å². The van der Waals surface area contributed by atoms with Crippen LogP contribution in [0.4, 0.5) is 0 Å². The van der Waals surface area contributed by atoms with Gasteiger partial charge in [0.05, 0.1) is 15.9 Å². The number of rotatable bonds is 5. The van der Waals surface area contributed by atoms with E-state index in [0.29, 0.717) is 18.7 Å². The maximum absolute atomic E-state index is 13.6. The van der Waals surface area contributed by atoms with E-state index in [1.165, 1.54) is 0 Å². The Morgan fingerprint density at radius 2 is 1.85 bits per heavy atom. The molecule has 2 aliphatic rings. The molecule has 5 rings (SSSR count). The Hall–Kier alpha value is -3.20. The van der Waals surface area contributed by atoms with Gasteiger partial charge in [-0.2, -0.15) is 0 Å². The van der Waals surface area contributed by atoms with Gasteiger partial charge in [-0.05, 0) is 43.0 Å². The van der Waals surface area contributed by atoms with Crippen molar-refractivity contribution in [2.24, 2.45) is 10.9 Å². The highest BCUT2D eigenvalue weighted by Gasteiger charge is 2.35. The number of benzene rings is 2. The Morgan fingerprint density at radius 1 is 1.15 bits per heavy atom. The molecule has 1 aromatic heterocycles. The van der Waals surface area contributed by atoms with Gasteiger partial charge in [-0.3, -0.25) is 14.5 Å². The molecule has 2 aromatic carbocycles. The number of carbonyl (C=O) groups is 1. The van der Waals surface area contributed by atoms with Crippen LogP contribution in [0.5, 0.6) is 0 Å². The lowest BCUT2D eigenvalue weighted by Crippen LogP contribution is -2.45. The molecule has 0 bridgehead atoms. The molecule has 1 fully saturated rings. The quantitative estimate of drug-likeness (QED) is 0.585. The number of aromatic nitrogens is 2. The van der Waals surface area contributed by atoms with Gasteiger partial charge in [-0.15, -0.1) is 0 Å². The minimum Gasteiger partial charge on any atom is -0.342 e. The van der Waals surface area contributed by atoms with E-state index in [-0.39, 0.29) is 28.5 Å². The van der Waals surface area contributed by atoms with E-state index in [9.17, 15) is 13.2 Å². The fourth-order valence-electron chi connectivity index (χ4n) is 4.74. The second-order valence-electron chi connectivity index (χ2n) is 9.15. The molecule has 178 valence electrons. The summed E-state index contributed by atoms with van der Waals surface area (Å²) in [5, 5.41) is 0. The van der Waals surface area contributed by atoms with Gasteiger partial charge in [-0.25, -0.2) is 13.4 Å². The number of H-pyrrole nitrogens is 1. The molecule has 8 nitrogen and oxygen atoms in total. The summed E-state index contributed by atoms with van der Waals surface area (Å²) < 4.78 is 27.5. The number of amidine groups is 1. The van der Waals surface area contributed by atoms with Crippen LogP contribution in [-0.4, -0.2) is 54.2 Å². The van der Waals surface area contributed by atoms with E-state index in [2.05, 4.69) is 14.7 Å². The first kappa shape index (κ1) is 22.6. The first-order chi connectivity index (χ1) is 16.4. The summed E-state index contributed by atoms with van der Waals surface area (Å²) in [5.41, 5.74) is 2.51. The molecule has 0 spiro atoms. The summed E-state index contributed by atoms with van der Waals surface area (Å²) in [5.74, 6) is 1.44. The topological polar surface area (TPSA) is 108 Å². The zero-order valence-electron chi connectivity index (χ0n) is 19.4. The van der Waals surface area contributed by atoms with Crippen molar-refractivity contribution < 1.29 is 13.2 Å². The highest BCUT2D eigenvalue weighted by atomic mass is 32.2. The van der Waals surface area contributed by atoms with Crippen LogP contribution < -0.4 is 4.72 Å². The van der Waals surface area contributed by atoms with Crippen molar-refractivity contribution in [3.05, 3.63) is 59.9 Å². The standard InChI is InChI=1S/C25H29N5O3S/c1-3-16(2)22(28-24-18-8-4-7-11-21(18)34(32,33)29-24)25(31)30-14-12-17(13-15-30)23-26-19-9-5-6-10-20(19)27-23/h4-11,16-17,22H,3,12-15H2,1-2H3,(H,26,27)(H,28,29)/t16-,22-/m0/s1. The molecule has 2 atom stereocenters. The molecule has 2 N–H and O–H groups in total. The number of nitrogens with zero attached hydrogens (tertiary/aromatic N) is 3. The number of hydrogen-bond acceptors (Lipinski definition) is 5. The van der Waals surface area contributed by atoms with Gasteiger partial charge >= 0.3 is 0 Å². The monoisotopic (exact) mass is 479 g/mol. The summed E-state index contributed by atoms with van der Waals surface area (Å²) >= 11 is 0. The molecular weight excluding hydrogens is 450 g/mol. The number of fused-ring (bicyclic) bond motifs is 2. The maximum Gasteiger partial charge on any atom is 0.263 e. The van der Waals surface area contributed by atoms with Crippen LogP contribution in [0.15, 0.2) is 58.4 Å². The van der Waals surface area contributed by atoms with E-state index < -0.39 is 16.1 Å². The van der Waals surface area contributed by atoms with Gasteiger partial charge in [0, 0.05) is 24.6 Å². The molecule has 2 aliphatic heterocycles. The number of sulfonamides is 1. The summed E-state index contributed by atoms with van der Waals surface area (Å²) in [6, 6.07) is 14.1. The lowest BCUT2D eigenvalue weighted by molar-refractivity contribution is -0.134. The number of piperidine rings is 1. The third kappa shape index (κ3) is 4.09. The van der Waals surface area contributed by atoms with E-state index in [4.69, 9.17) is 4.98 Å². The van der Waals surface area contributed by atoms with Gasteiger partial charge in [0.25, 0.3) is 10.0 Å². The molecule has 3 aromatic rings. The Bertz CT molecular complexity index is 1320. The predicted octanol–water partition coefficient (Wildman–Crippen LogP) is 3.42. The van der Waals surface area contributed by atoms with Gasteiger partial charge < -0.3 is 9.88 Å². The zero-order chi connectivity index (χ0) is 23.9. The SMILES string of the molecule is CC[C@H](C)[C@H](N=C1NS(=O)(=O)c2ccccc21)C(=O)N1CCC(c2nc3ccccc3[nH]2)CC1. The number of aliphatic imine (C=N–C) groups is 1. The summed E-state index contributed by atoms with van der Waals surface area (Å²) in [7, 11) is -3.65. The van der Waals surface area contributed by atoms with Crippen molar-refractivity contribution in [1.82, 2.24) is 19.6 Å². The smallest absolute Gasteiger partial charge is 0.263 e. The number of nitrogens with one attached hydrogen (secondary N) is 2. The number of amides is 1. The lowest BCUT2D eigenvalue weighted by atomic mass is 9.93. The normalized spacial score (nSPS) is 20.8. The van der Waals surface area contributed by atoms with Crippen molar-refractivity contribution in [2.75, 3.05) is 13.1 Å². The van der Waals surface area contributed by atoms with Crippen molar-refractivity contribution in [2.45, 2.75) is 50.0 Å². The molecular formula is C25H29N5O3S. The molecule has 0 unspecified atom stereocenters. The largest absolute Gasteiger partial charge is 0.342 e. The van der Waals surface area contributed by atoms with Crippen molar-refractivity contribution in [3.8, 4) is 0 Å². The van der Waals surface area contributed by atoms with Crippen LogP contribution in [0, 0.1) is 5.92 Å². The molecule has 9 heteroatoms. The number of hydrogen-bond donors (Lipinski definition) is 2. The van der Waals surface area contributed by atoms with Crippen LogP contribution >= 0.6 is 0 Å². The Morgan fingerprint density at radius 3 is 2.59 bits per heavy atom. The Kier molecular flexibility index (Phi) is 5.89. The lowest BCUT2D eigenvalue weighted by Gasteiger charge is -2.34.